The van der Waals surface area contributed by atoms with Crippen molar-refractivity contribution in [1.82, 2.24) is 5.32 Å². The number of nitro benzene ring substituents is 1. The molecule has 0 atom stereocenters. The van der Waals surface area contributed by atoms with Crippen molar-refractivity contribution in [3.8, 4) is 0 Å². The van der Waals surface area contributed by atoms with Crippen LogP contribution in [0.2, 0.25) is 0 Å². The van der Waals surface area contributed by atoms with Crippen LogP contribution in [0.25, 0.3) is 0 Å². The Morgan fingerprint density at radius 3 is 2.26 bits per heavy atom. The molecule has 0 heterocycles. The van der Waals surface area contributed by atoms with Gasteiger partial charge in [-0.25, -0.2) is 4.79 Å². The number of nitro groups is 1. The number of hydrogen-bond donors (Lipinski definition) is 1. The molecule has 0 saturated carbocycles. The third kappa shape index (κ3) is 7.45. The molecular formula is C20H24N2O5. The van der Waals surface area contributed by atoms with E-state index >= 15 is 0 Å². The van der Waals surface area contributed by atoms with Gasteiger partial charge in [0.05, 0.1) is 18.1 Å². The van der Waals surface area contributed by atoms with Gasteiger partial charge in [-0.15, -0.1) is 0 Å². The number of hydrogen-bond acceptors (Lipinski definition) is 5. The van der Waals surface area contributed by atoms with E-state index in [2.05, 4.69) is 5.32 Å². The average molecular weight is 372 g/mol. The summed E-state index contributed by atoms with van der Waals surface area (Å²) in [5.74, 6) is 0. The van der Waals surface area contributed by atoms with Crippen molar-refractivity contribution in [1.29, 1.82) is 0 Å². The van der Waals surface area contributed by atoms with Gasteiger partial charge in [0.15, 0.2) is 0 Å². The van der Waals surface area contributed by atoms with Gasteiger partial charge >= 0.3 is 6.09 Å². The molecule has 0 fully saturated rings. The maximum absolute atomic E-state index is 11.7. The Morgan fingerprint density at radius 1 is 1.04 bits per heavy atom. The lowest BCUT2D eigenvalue weighted by Crippen LogP contribution is -2.32. The molecule has 0 aromatic heterocycles. The number of rotatable bonds is 7. The molecule has 144 valence electrons. The molecule has 0 spiro atoms. The monoisotopic (exact) mass is 372 g/mol. The quantitative estimate of drug-likeness (QED) is 0.577. The maximum Gasteiger partial charge on any atom is 0.407 e. The van der Waals surface area contributed by atoms with E-state index in [0.717, 1.165) is 16.7 Å². The fraction of sp³-hybridized carbons (Fsp3) is 0.350. The van der Waals surface area contributed by atoms with Crippen LogP contribution in [0.15, 0.2) is 48.5 Å². The number of non-ortho nitro benzene ring substituents is 1. The summed E-state index contributed by atoms with van der Waals surface area (Å²) in [7, 11) is 0. The number of carbonyl (C=O) groups excluding carboxylic acids is 1. The first kappa shape index (κ1) is 20.4. The first-order valence-electron chi connectivity index (χ1n) is 8.59. The van der Waals surface area contributed by atoms with Crippen molar-refractivity contribution >= 4 is 11.8 Å². The Balaban J connectivity index is 1.84. The largest absolute Gasteiger partial charge is 0.444 e. The molecule has 0 aliphatic rings. The van der Waals surface area contributed by atoms with Crippen molar-refractivity contribution in [2.75, 3.05) is 0 Å². The summed E-state index contributed by atoms with van der Waals surface area (Å²) in [4.78, 5) is 22.1. The van der Waals surface area contributed by atoms with Gasteiger partial charge < -0.3 is 14.8 Å². The van der Waals surface area contributed by atoms with Crippen LogP contribution in [0.4, 0.5) is 10.5 Å². The summed E-state index contributed by atoms with van der Waals surface area (Å²) in [5, 5.41) is 13.5. The highest BCUT2D eigenvalue weighted by Crippen LogP contribution is 2.15. The molecule has 2 aromatic rings. The molecule has 0 aliphatic carbocycles. The molecule has 0 bridgehead atoms. The smallest absolute Gasteiger partial charge is 0.407 e. The van der Waals surface area contributed by atoms with E-state index in [1.165, 1.54) is 12.1 Å². The van der Waals surface area contributed by atoms with Crippen molar-refractivity contribution in [3.05, 3.63) is 75.3 Å². The minimum absolute atomic E-state index is 0.0475. The molecule has 0 saturated heterocycles. The van der Waals surface area contributed by atoms with Crippen LogP contribution in [0.1, 0.15) is 37.5 Å². The van der Waals surface area contributed by atoms with Gasteiger partial charge in [-0.1, -0.05) is 36.4 Å². The van der Waals surface area contributed by atoms with Gasteiger partial charge in [-0.3, -0.25) is 10.1 Å². The molecule has 1 amide bonds. The minimum Gasteiger partial charge on any atom is -0.444 e. The summed E-state index contributed by atoms with van der Waals surface area (Å²) in [6.07, 6.45) is -0.463. The number of alkyl carbamates (subject to hydrolysis) is 1. The highest BCUT2D eigenvalue weighted by atomic mass is 16.6. The van der Waals surface area contributed by atoms with Crippen molar-refractivity contribution in [3.63, 3.8) is 0 Å². The Hall–Kier alpha value is -2.93. The third-order valence-electron chi connectivity index (χ3n) is 3.49. The SMILES string of the molecule is CC(C)(C)OC(=O)NCc1cccc(COCc2cccc([N+](=O)[O-])c2)c1. The number of carbonyl (C=O) groups is 1. The van der Waals surface area contributed by atoms with Crippen LogP contribution >= 0.6 is 0 Å². The minimum atomic E-state index is -0.535. The molecule has 27 heavy (non-hydrogen) atoms. The number of nitrogens with zero attached hydrogens (tertiary/aromatic N) is 1. The summed E-state index contributed by atoms with van der Waals surface area (Å²) >= 11 is 0. The Bertz CT molecular complexity index is 799. The number of ether oxygens (including phenoxy) is 2. The van der Waals surface area contributed by atoms with E-state index < -0.39 is 16.6 Å². The lowest BCUT2D eigenvalue weighted by molar-refractivity contribution is -0.385. The van der Waals surface area contributed by atoms with Gasteiger partial charge in [0.2, 0.25) is 0 Å². The number of nitrogens with one attached hydrogen (secondary N) is 1. The van der Waals surface area contributed by atoms with E-state index in [9.17, 15) is 14.9 Å². The van der Waals surface area contributed by atoms with E-state index in [4.69, 9.17) is 9.47 Å². The predicted molar refractivity (Wildman–Crippen MR) is 101 cm³/mol. The lowest BCUT2D eigenvalue weighted by Gasteiger charge is -2.19. The molecule has 7 heteroatoms. The molecule has 2 rings (SSSR count). The predicted octanol–water partition coefficient (Wildman–Crippen LogP) is 4.34. The summed E-state index contributed by atoms with van der Waals surface area (Å²) in [6.45, 7) is 6.43. The average Bonchev–Trinajstić information content (AvgIpc) is 2.59. The van der Waals surface area contributed by atoms with Crippen LogP contribution in [0.5, 0.6) is 0 Å². The highest BCUT2D eigenvalue weighted by Gasteiger charge is 2.15. The van der Waals surface area contributed by atoms with E-state index in [0.29, 0.717) is 13.2 Å². The first-order chi connectivity index (χ1) is 12.7. The van der Waals surface area contributed by atoms with Gasteiger partial charge in [0.25, 0.3) is 5.69 Å². The second-order valence-electron chi connectivity index (χ2n) is 7.10. The molecular weight excluding hydrogens is 348 g/mol. The van der Waals surface area contributed by atoms with Crippen LogP contribution in [0.3, 0.4) is 0 Å². The van der Waals surface area contributed by atoms with Gasteiger partial charge in [-0.05, 0) is 37.5 Å². The van der Waals surface area contributed by atoms with Crippen LogP contribution in [0, 0.1) is 10.1 Å². The van der Waals surface area contributed by atoms with Crippen LogP contribution < -0.4 is 5.32 Å². The van der Waals surface area contributed by atoms with Gasteiger partial charge in [0, 0.05) is 18.7 Å². The van der Waals surface area contributed by atoms with Crippen molar-refractivity contribution in [2.24, 2.45) is 0 Å². The Labute approximate surface area is 158 Å². The standard InChI is InChI=1S/C20H24N2O5/c1-20(2,3)27-19(23)21-12-15-6-4-7-16(10-15)13-26-14-17-8-5-9-18(11-17)22(24)25/h4-11H,12-14H2,1-3H3,(H,21,23). The fourth-order valence-electron chi connectivity index (χ4n) is 2.36. The third-order valence-corrected chi connectivity index (χ3v) is 3.49. The zero-order valence-electron chi connectivity index (χ0n) is 15.7. The molecule has 0 unspecified atom stereocenters. The fourth-order valence-corrected chi connectivity index (χ4v) is 2.36. The molecule has 0 radical (unpaired) electrons. The normalized spacial score (nSPS) is 11.1. The Morgan fingerprint density at radius 2 is 1.63 bits per heavy atom. The van der Waals surface area contributed by atoms with Crippen molar-refractivity contribution in [2.45, 2.75) is 46.1 Å². The molecule has 2 aromatic carbocycles. The zero-order valence-corrected chi connectivity index (χ0v) is 15.7. The van der Waals surface area contributed by atoms with Crippen LogP contribution in [-0.2, 0) is 29.2 Å². The van der Waals surface area contributed by atoms with Crippen LogP contribution in [-0.4, -0.2) is 16.6 Å². The second-order valence-corrected chi connectivity index (χ2v) is 7.10. The topological polar surface area (TPSA) is 90.7 Å². The van der Waals surface area contributed by atoms with Crippen molar-refractivity contribution < 1.29 is 19.2 Å². The lowest BCUT2D eigenvalue weighted by atomic mass is 10.1. The molecule has 1 N–H and O–H groups in total. The highest BCUT2D eigenvalue weighted by molar-refractivity contribution is 5.67. The van der Waals surface area contributed by atoms with E-state index in [-0.39, 0.29) is 12.3 Å². The van der Waals surface area contributed by atoms with E-state index in [1.807, 2.05) is 45.0 Å². The summed E-state index contributed by atoms with van der Waals surface area (Å²) in [6, 6.07) is 14.0. The number of benzene rings is 2. The molecule has 0 aliphatic heterocycles. The second kappa shape index (κ2) is 9.14. The van der Waals surface area contributed by atoms with E-state index in [1.54, 1.807) is 12.1 Å². The zero-order chi connectivity index (χ0) is 19.9. The van der Waals surface area contributed by atoms with Gasteiger partial charge in [0.1, 0.15) is 5.60 Å². The summed E-state index contributed by atoms with van der Waals surface area (Å²) < 4.78 is 10.9. The first-order valence-corrected chi connectivity index (χ1v) is 8.59. The Kier molecular flexibility index (Phi) is 6.90. The molecule has 7 nitrogen and oxygen atoms in total. The van der Waals surface area contributed by atoms with Gasteiger partial charge in [-0.2, -0.15) is 0 Å². The number of amides is 1. The summed E-state index contributed by atoms with van der Waals surface area (Å²) in [5.41, 5.74) is 2.13. The maximum atomic E-state index is 11.7.